The fourth-order valence-corrected chi connectivity index (χ4v) is 0.791. The molecule has 0 saturated heterocycles. The Morgan fingerprint density at radius 3 is 2.69 bits per heavy atom. The van der Waals surface area contributed by atoms with Crippen LogP contribution in [0.2, 0.25) is 0 Å². The van der Waals surface area contributed by atoms with Gasteiger partial charge in [-0.05, 0) is 18.9 Å². The molecule has 4 nitrogen and oxygen atoms in total. The molecule has 4 heteroatoms. The third kappa shape index (κ3) is 7.59. The fraction of sp³-hybridized carbons (Fsp3) is 0.889. The van der Waals surface area contributed by atoms with E-state index in [1.165, 1.54) is 0 Å². The highest BCUT2D eigenvalue weighted by Crippen LogP contribution is 1.87. The molecule has 1 atom stereocenters. The standard InChI is InChI=1S/C9H21N3O/c1-3-4-5-11-9(13)12-7-8(2)6-10/h8H,3-7,10H2,1-2H3,(H2,11,12,13). The maximum absolute atomic E-state index is 11.1. The molecular weight excluding hydrogens is 166 g/mol. The number of hydrogen-bond acceptors (Lipinski definition) is 2. The second-order valence-corrected chi connectivity index (χ2v) is 3.33. The van der Waals surface area contributed by atoms with Gasteiger partial charge in [-0.2, -0.15) is 0 Å². The number of unbranched alkanes of at least 4 members (excludes halogenated alkanes) is 1. The number of hydrogen-bond donors (Lipinski definition) is 3. The highest BCUT2D eigenvalue weighted by atomic mass is 16.2. The molecule has 0 saturated carbocycles. The van der Waals surface area contributed by atoms with Crippen molar-refractivity contribution in [3.05, 3.63) is 0 Å². The minimum atomic E-state index is -0.0891. The van der Waals surface area contributed by atoms with Crippen LogP contribution in [0.25, 0.3) is 0 Å². The molecule has 0 heterocycles. The van der Waals surface area contributed by atoms with Crippen molar-refractivity contribution in [2.75, 3.05) is 19.6 Å². The minimum Gasteiger partial charge on any atom is -0.338 e. The average Bonchev–Trinajstić information content (AvgIpc) is 2.14. The van der Waals surface area contributed by atoms with E-state index in [1.54, 1.807) is 0 Å². The molecule has 0 radical (unpaired) electrons. The highest BCUT2D eigenvalue weighted by molar-refractivity contribution is 5.73. The molecule has 0 aromatic carbocycles. The zero-order valence-corrected chi connectivity index (χ0v) is 8.60. The zero-order chi connectivity index (χ0) is 10.1. The summed E-state index contributed by atoms with van der Waals surface area (Å²) in [5.41, 5.74) is 5.41. The lowest BCUT2D eigenvalue weighted by Crippen LogP contribution is -2.39. The molecule has 13 heavy (non-hydrogen) atoms. The summed E-state index contributed by atoms with van der Waals surface area (Å²) in [5, 5.41) is 5.53. The van der Waals surface area contributed by atoms with Crippen molar-refractivity contribution in [2.45, 2.75) is 26.7 Å². The van der Waals surface area contributed by atoms with E-state index in [4.69, 9.17) is 5.73 Å². The van der Waals surface area contributed by atoms with Gasteiger partial charge in [-0.3, -0.25) is 0 Å². The van der Waals surface area contributed by atoms with Gasteiger partial charge in [-0.1, -0.05) is 20.3 Å². The Morgan fingerprint density at radius 2 is 2.15 bits per heavy atom. The van der Waals surface area contributed by atoms with Gasteiger partial charge < -0.3 is 16.4 Å². The van der Waals surface area contributed by atoms with Crippen LogP contribution in [0.15, 0.2) is 0 Å². The minimum absolute atomic E-state index is 0.0891. The van der Waals surface area contributed by atoms with Gasteiger partial charge >= 0.3 is 6.03 Å². The maximum atomic E-state index is 11.1. The summed E-state index contributed by atoms with van der Waals surface area (Å²) in [7, 11) is 0. The normalized spacial score (nSPS) is 12.2. The molecule has 78 valence electrons. The van der Waals surface area contributed by atoms with Crippen LogP contribution in [0.3, 0.4) is 0 Å². The van der Waals surface area contributed by atoms with Crippen LogP contribution < -0.4 is 16.4 Å². The van der Waals surface area contributed by atoms with Gasteiger partial charge in [-0.15, -0.1) is 0 Å². The second kappa shape index (κ2) is 7.86. The van der Waals surface area contributed by atoms with Gasteiger partial charge in [0.2, 0.25) is 0 Å². The smallest absolute Gasteiger partial charge is 0.314 e. The molecule has 0 aliphatic carbocycles. The van der Waals surface area contributed by atoms with E-state index < -0.39 is 0 Å². The van der Waals surface area contributed by atoms with Crippen molar-refractivity contribution >= 4 is 6.03 Å². The lowest BCUT2D eigenvalue weighted by atomic mass is 10.2. The first kappa shape index (κ1) is 12.2. The van der Waals surface area contributed by atoms with Gasteiger partial charge in [0.25, 0.3) is 0 Å². The third-order valence-electron chi connectivity index (χ3n) is 1.83. The second-order valence-electron chi connectivity index (χ2n) is 3.33. The molecule has 0 rings (SSSR count). The Morgan fingerprint density at radius 1 is 1.46 bits per heavy atom. The monoisotopic (exact) mass is 187 g/mol. The molecule has 2 amide bonds. The van der Waals surface area contributed by atoms with Crippen molar-refractivity contribution in [1.82, 2.24) is 10.6 Å². The van der Waals surface area contributed by atoms with Crippen molar-refractivity contribution in [2.24, 2.45) is 11.7 Å². The van der Waals surface area contributed by atoms with Crippen LogP contribution in [0, 0.1) is 5.92 Å². The van der Waals surface area contributed by atoms with E-state index in [-0.39, 0.29) is 6.03 Å². The SMILES string of the molecule is CCCCNC(=O)NCC(C)CN. The van der Waals surface area contributed by atoms with E-state index >= 15 is 0 Å². The molecule has 4 N–H and O–H groups in total. The Balaban J connectivity index is 3.30. The van der Waals surface area contributed by atoms with E-state index in [1.807, 2.05) is 6.92 Å². The van der Waals surface area contributed by atoms with Crippen LogP contribution in [-0.4, -0.2) is 25.7 Å². The first-order chi connectivity index (χ1) is 6.20. The molecule has 0 aliphatic rings. The van der Waals surface area contributed by atoms with E-state index in [0.717, 1.165) is 19.4 Å². The Kier molecular flexibility index (Phi) is 7.39. The summed E-state index contributed by atoms with van der Waals surface area (Å²) in [6.45, 7) is 6.10. The molecule has 0 spiro atoms. The van der Waals surface area contributed by atoms with E-state index in [0.29, 0.717) is 19.0 Å². The first-order valence-corrected chi connectivity index (χ1v) is 4.92. The number of amides is 2. The lowest BCUT2D eigenvalue weighted by Gasteiger charge is -2.10. The van der Waals surface area contributed by atoms with Gasteiger partial charge in [0.1, 0.15) is 0 Å². The average molecular weight is 187 g/mol. The van der Waals surface area contributed by atoms with Crippen molar-refractivity contribution in [1.29, 1.82) is 0 Å². The predicted octanol–water partition coefficient (Wildman–Crippen LogP) is 0.681. The zero-order valence-electron chi connectivity index (χ0n) is 8.60. The molecule has 0 fully saturated rings. The summed E-state index contributed by atoms with van der Waals surface area (Å²) < 4.78 is 0. The number of nitrogens with two attached hydrogens (primary N) is 1. The molecule has 0 aromatic rings. The topological polar surface area (TPSA) is 67.2 Å². The molecule has 0 aromatic heterocycles. The summed E-state index contributed by atoms with van der Waals surface area (Å²) in [5.74, 6) is 0.344. The Hall–Kier alpha value is -0.770. The summed E-state index contributed by atoms with van der Waals surface area (Å²) in [6.07, 6.45) is 2.12. The van der Waals surface area contributed by atoms with Crippen molar-refractivity contribution in [3.63, 3.8) is 0 Å². The third-order valence-corrected chi connectivity index (χ3v) is 1.83. The van der Waals surface area contributed by atoms with E-state index in [9.17, 15) is 4.79 Å². The largest absolute Gasteiger partial charge is 0.338 e. The summed E-state index contributed by atoms with van der Waals surface area (Å²) in [6, 6.07) is -0.0891. The van der Waals surface area contributed by atoms with Crippen LogP contribution in [0.4, 0.5) is 4.79 Å². The number of rotatable bonds is 6. The number of nitrogens with one attached hydrogen (secondary N) is 2. The molecule has 0 aliphatic heterocycles. The molecule has 0 bridgehead atoms. The predicted molar refractivity (Wildman–Crippen MR) is 54.5 cm³/mol. The van der Waals surface area contributed by atoms with Crippen LogP contribution in [0.5, 0.6) is 0 Å². The summed E-state index contributed by atoms with van der Waals surface area (Å²) >= 11 is 0. The highest BCUT2D eigenvalue weighted by Gasteiger charge is 2.01. The first-order valence-electron chi connectivity index (χ1n) is 4.92. The summed E-state index contributed by atoms with van der Waals surface area (Å²) in [4.78, 5) is 11.1. The molecular formula is C9H21N3O. The van der Waals surface area contributed by atoms with Crippen LogP contribution >= 0.6 is 0 Å². The molecule has 1 unspecified atom stereocenters. The fourth-order valence-electron chi connectivity index (χ4n) is 0.791. The van der Waals surface area contributed by atoms with Crippen molar-refractivity contribution < 1.29 is 4.79 Å². The maximum Gasteiger partial charge on any atom is 0.314 e. The van der Waals surface area contributed by atoms with Crippen molar-refractivity contribution in [3.8, 4) is 0 Å². The Bertz CT molecular complexity index is 139. The quantitative estimate of drug-likeness (QED) is 0.535. The van der Waals surface area contributed by atoms with Gasteiger partial charge in [0, 0.05) is 13.1 Å². The van der Waals surface area contributed by atoms with Gasteiger partial charge in [0.15, 0.2) is 0 Å². The van der Waals surface area contributed by atoms with Crippen LogP contribution in [-0.2, 0) is 0 Å². The lowest BCUT2D eigenvalue weighted by molar-refractivity contribution is 0.239. The number of carbonyl (C=O) groups is 1. The van der Waals surface area contributed by atoms with Crippen LogP contribution in [0.1, 0.15) is 26.7 Å². The van der Waals surface area contributed by atoms with Gasteiger partial charge in [-0.25, -0.2) is 4.79 Å². The Labute approximate surface area is 80.3 Å². The number of urea groups is 1. The van der Waals surface area contributed by atoms with E-state index in [2.05, 4.69) is 17.6 Å². The number of carbonyl (C=O) groups excluding carboxylic acids is 1. The van der Waals surface area contributed by atoms with Gasteiger partial charge in [0.05, 0.1) is 0 Å².